The van der Waals surface area contributed by atoms with Gasteiger partial charge in [0.2, 0.25) is 5.95 Å². The number of benzene rings is 4. The molecule has 0 aliphatic heterocycles. The molecule has 6 aromatic rings. The quantitative estimate of drug-likeness (QED) is 0.273. The van der Waals surface area contributed by atoms with Crippen LogP contribution >= 0.6 is 15.9 Å². The van der Waals surface area contributed by atoms with Gasteiger partial charge in [-0.2, -0.15) is 0 Å². The van der Waals surface area contributed by atoms with Crippen LogP contribution in [-0.2, 0) is 6.98 Å². The maximum atomic E-state index is 8.26. The monoisotopic (exact) mass is 470 g/mol. The molecule has 5 heteroatoms. The lowest BCUT2D eigenvalue weighted by atomic mass is 10.1. The number of fused-ring (bicyclic) bond motifs is 4. The Morgan fingerprint density at radius 1 is 0.774 bits per heavy atom. The number of para-hydroxylation sites is 3. The lowest BCUT2D eigenvalue weighted by Crippen LogP contribution is -2.03. The number of rotatable bonds is 3. The van der Waals surface area contributed by atoms with Crippen molar-refractivity contribution in [1.29, 1.82) is 0 Å². The highest BCUT2D eigenvalue weighted by Gasteiger charge is 2.17. The van der Waals surface area contributed by atoms with Crippen LogP contribution in [0.5, 0.6) is 11.5 Å². The third-order valence-electron chi connectivity index (χ3n) is 5.42. The fraction of sp³-hybridized carbons (Fsp3) is 0.0385. The fourth-order valence-corrected chi connectivity index (χ4v) is 4.44. The van der Waals surface area contributed by atoms with Gasteiger partial charge < -0.3 is 9.30 Å². The minimum atomic E-state index is -2.41. The number of nitrogens with zero attached hydrogens (tertiary/aromatic N) is 3. The van der Waals surface area contributed by atoms with Crippen LogP contribution in [0.1, 0.15) is 4.11 Å². The Bertz CT molecular complexity index is 1700. The fourth-order valence-electron chi connectivity index (χ4n) is 4.06. The Balaban J connectivity index is 1.66. The van der Waals surface area contributed by atoms with Crippen molar-refractivity contribution in [2.75, 3.05) is 0 Å². The summed E-state index contributed by atoms with van der Waals surface area (Å²) in [5.41, 5.74) is 2.87. The number of imidazole rings is 1. The van der Waals surface area contributed by atoms with E-state index in [2.05, 4.69) is 15.9 Å². The van der Waals surface area contributed by atoms with Crippen molar-refractivity contribution in [3.63, 3.8) is 0 Å². The maximum Gasteiger partial charge on any atom is 0.215 e. The second-order valence-corrected chi connectivity index (χ2v) is 8.24. The molecule has 0 aliphatic carbocycles. The first-order chi connectivity index (χ1) is 16.4. The third kappa shape index (κ3) is 2.93. The van der Waals surface area contributed by atoms with Crippen LogP contribution in [-0.4, -0.2) is 14.1 Å². The van der Waals surface area contributed by atoms with Gasteiger partial charge in [-0.25, -0.2) is 4.98 Å². The number of halogens is 1. The highest BCUT2D eigenvalue weighted by Crippen LogP contribution is 2.35. The molecule has 31 heavy (non-hydrogen) atoms. The Morgan fingerprint density at radius 3 is 2.42 bits per heavy atom. The van der Waals surface area contributed by atoms with E-state index in [0.717, 1.165) is 26.3 Å². The average Bonchev–Trinajstić information content (AvgIpc) is 3.34. The topological polar surface area (TPSA) is 32.0 Å². The summed E-state index contributed by atoms with van der Waals surface area (Å²) in [7, 11) is 0. The molecule has 0 atom stereocenters. The average molecular weight is 471 g/mol. The predicted octanol–water partition coefficient (Wildman–Crippen LogP) is 7.23. The van der Waals surface area contributed by atoms with E-state index < -0.39 is 6.98 Å². The van der Waals surface area contributed by atoms with E-state index in [1.165, 1.54) is 4.57 Å². The zero-order chi connectivity index (χ0) is 23.4. The number of hydrogen-bond acceptors (Lipinski definition) is 2. The molecular formula is C26H18BrN3O. The van der Waals surface area contributed by atoms with E-state index in [-0.39, 0.29) is 0 Å². The largest absolute Gasteiger partial charge is 0.457 e. The third-order valence-corrected chi connectivity index (χ3v) is 5.91. The molecule has 4 aromatic carbocycles. The summed E-state index contributed by atoms with van der Waals surface area (Å²) in [6, 6.07) is 28.7. The first-order valence-electron chi connectivity index (χ1n) is 11.4. The van der Waals surface area contributed by atoms with Gasteiger partial charge in [-0.05, 0) is 48.5 Å². The molecule has 0 saturated heterocycles. The second-order valence-electron chi connectivity index (χ2n) is 7.33. The molecule has 0 amide bonds. The van der Waals surface area contributed by atoms with E-state index in [4.69, 9.17) is 13.8 Å². The molecule has 4 nitrogen and oxygen atoms in total. The Kier molecular flexibility index (Phi) is 3.44. The molecule has 0 spiro atoms. The van der Waals surface area contributed by atoms with Crippen LogP contribution in [0.3, 0.4) is 0 Å². The van der Waals surface area contributed by atoms with Crippen molar-refractivity contribution in [2.45, 2.75) is 0 Å². The molecular weight excluding hydrogens is 450 g/mol. The summed E-state index contributed by atoms with van der Waals surface area (Å²) >= 11 is 3.48. The molecule has 6 rings (SSSR count). The minimum absolute atomic E-state index is 0.340. The van der Waals surface area contributed by atoms with Crippen LogP contribution in [0.4, 0.5) is 0 Å². The molecule has 0 bridgehead atoms. The van der Waals surface area contributed by atoms with Gasteiger partial charge in [0, 0.05) is 32.4 Å². The summed E-state index contributed by atoms with van der Waals surface area (Å²) < 4.78 is 35.1. The Morgan fingerprint density at radius 2 is 1.55 bits per heavy atom. The van der Waals surface area contributed by atoms with E-state index in [0.29, 0.717) is 28.5 Å². The van der Waals surface area contributed by atoms with Gasteiger partial charge in [0.25, 0.3) is 0 Å². The molecule has 2 aromatic heterocycles. The van der Waals surface area contributed by atoms with E-state index in [1.807, 2.05) is 89.5 Å². The van der Waals surface area contributed by atoms with Gasteiger partial charge in [-0.3, -0.25) is 4.57 Å². The first-order valence-corrected chi connectivity index (χ1v) is 10.6. The number of aromatic nitrogens is 3. The van der Waals surface area contributed by atoms with E-state index in [1.54, 1.807) is 6.07 Å². The highest BCUT2D eigenvalue weighted by molar-refractivity contribution is 9.10. The van der Waals surface area contributed by atoms with Gasteiger partial charge in [0.05, 0.1) is 22.1 Å². The molecule has 0 radical (unpaired) electrons. The van der Waals surface area contributed by atoms with E-state index in [9.17, 15) is 0 Å². The van der Waals surface area contributed by atoms with Crippen molar-refractivity contribution in [3.05, 3.63) is 95.5 Å². The number of ether oxygens (including phenoxy) is 1. The van der Waals surface area contributed by atoms with Gasteiger partial charge in [0.1, 0.15) is 11.5 Å². The smallest absolute Gasteiger partial charge is 0.215 e. The Hall–Kier alpha value is -3.57. The summed E-state index contributed by atoms with van der Waals surface area (Å²) in [6.45, 7) is -2.41. The van der Waals surface area contributed by atoms with Crippen molar-refractivity contribution < 1.29 is 8.85 Å². The van der Waals surface area contributed by atoms with Gasteiger partial charge in [-0.15, -0.1) is 0 Å². The summed E-state index contributed by atoms with van der Waals surface area (Å²) in [6.07, 6.45) is 0. The van der Waals surface area contributed by atoms with Gasteiger partial charge >= 0.3 is 0 Å². The van der Waals surface area contributed by atoms with E-state index >= 15 is 0 Å². The van der Waals surface area contributed by atoms with Crippen molar-refractivity contribution in [1.82, 2.24) is 14.1 Å². The molecule has 0 aliphatic rings. The van der Waals surface area contributed by atoms with Crippen molar-refractivity contribution in [2.24, 2.45) is 6.98 Å². The molecule has 2 heterocycles. The molecule has 0 saturated carbocycles. The predicted molar refractivity (Wildman–Crippen MR) is 129 cm³/mol. The van der Waals surface area contributed by atoms with Crippen LogP contribution < -0.4 is 4.74 Å². The number of hydrogen-bond donors (Lipinski definition) is 0. The van der Waals surface area contributed by atoms with Crippen LogP contribution in [0.2, 0.25) is 0 Å². The summed E-state index contributed by atoms with van der Waals surface area (Å²) in [5.74, 6) is 1.68. The maximum absolute atomic E-state index is 8.26. The summed E-state index contributed by atoms with van der Waals surface area (Å²) in [5, 5.41) is 2.00. The van der Waals surface area contributed by atoms with Crippen LogP contribution in [0.15, 0.2) is 95.5 Å². The SMILES string of the molecule is [2H]C([2H])([2H])n1c(-n2c3ccccc3c3ccc(Oc4cccc(Br)c4)cc32)nc2ccccc21. The Labute approximate surface area is 191 Å². The standard InChI is InChI=1S/C26H18BrN3O/c1-29-24-12-5-3-10-22(24)28-26(29)30-23-11-4-2-9-20(23)21-14-13-19(16-25(21)30)31-18-8-6-7-17(27)15-18/h2-16H,1H3/i1D3. The zero-order valence-corrected chi connectivity index (χ0v) is 17.9. The molecule has 0 unspecified atom stereocenters. The lowest BCUT2D eigenvalue weighted by molar-refractivity contribution is 0.483. The molecule has 0 N–H and O–H groups in total. The van der Waals surface area contributed by atoms with Crippen molar-refractivity contribution >= 4 is 48.8 Å². The zero-order valence-electron chi connectivity index (χ0n) is 19.3. The number of aryl methyl sites for hydroxylation is 1. The molecule has 0 fully saturated rings. The van der Waals surface area contributed by atoms with Gasteiger partial charge in [-0.1, -0.05) is 52.3 Å². The normalized spacial score (nSPS) is 13.4. The lowest BCUT2D eigenvalue weighted by Gasteiger charge is -2.09. The van der Waals surface area contributed by atoms with Crippen LogP contribution in [0, 0.1) is 0 Å². The van der Waals surface area contributed by atoms with Crippen LogP contribution in [0.25, 0.3) is 38.8 Å². The van der Waals surface area contributed by atoms with Gasteiger partial charge in [0.15, 0.2) is 0 Å². The highest BCUT2D eigenvalue weighted by atomic mass is 79.9. The van der Waals surface area contributed by atoms with Crippen molar-refractivity contribution in [3.8, 4) is 17.4 Å². The minimum Gasteiger partial charge on any atom is -0.457 e. The molecule has 150 valence electrons. The summed E-state index contributed by atoms with van der Waals surface area (Å²) in [4.78, 5) is 4.77. The first kappa shape index (κ1) is 15.3. The second kappa shape index (κ2) is 7.00.